The van der Waals surface area contributed by atoms with Crippen LogP contribution in [0.15, 0.2) is 34.8 Å². The Balaban J connectivity index is 1.69. The fourth-order valence-electron chi connectivity index (χ4n) is 1.97. The summed E-state index contributed by atoms with van der Waals surface area (Å²) in [6.07, 6.45) is 0. The molecule has 2 heterocycles. The van der Waals surface area contributed by atoms with Crippen LogP contribution in [-0.4, -0.2) is 21.7 Å². The number of aliphatic hydroxyl groups excluding tert-OH is 1. The van der Waals surface area contributed by atoms with Gasteiger partial charge >= 0.3 is 0 Å². The summed E-state index contributed by atoms with van der Waals surface area (Å²) < 4.78 is 0. The third-order valence-corrected chi connectivity index (χ3v) is 4.97. The highest BCUT2D eigenvalue weighted by molar-refractivity contribution is 7.98. The van der Waals surface area contributed by atoms with Crippen molar-refractivity contribution in [3.63, 3.8) is 0 Å². The second-order valence-electron chi connectivity index (χ2n) is 4.61. The molecule has 106 valence electrons. The van der Waals surface area contributed by atoms with Gasteiger partial charge in [0.2, 0.25) is 0 Å². The summed E-state index contributed by atoms with van der Waals surface area (Å²) in [5.41, 5.74) is 4.28. The molecule has 2 N–H and O–H groups in total. The van der Waals surface area contributed by atoms with Crippen molar-refractivity contribution in [1.29, 1.82) is 0 Å². The average Bonchev–Trinajstić information content (AvgIpc) is 3.08. The molecule has 0 bridgehead atoms. The minimum Gasteiger partial charge on any atom is -0.384 e. The van der Waals surface area contributed by atoms with Crippen LogP contribution in [0.25, 0.3) is 11.0 Å². The van der Waals surface area contributed by atoms with Gasteiger partial charge in [0.25, 0.3) is 0 Å². The van der Waals surface area contributed by atoms with E-state index >= 15 is 0 Å². The quantitative estimate of drug-likeness (QED) is 0.574. The number of hydrogen-bond donors (Lipinski definition) is 2. The Morgan fingerprint density at radius 3 is 3.14 bits per heavy atom. The first-order chi connectivity index (χ1) is 10.2. The first-order valence-corrected chi connectivity index (χ1v) is 8.37. The van der Waals surface area contributed by atoms with Crippen LogP contribution in [0.2, 0.25) is 0 Å². The zero-order chi connectivity index (χ0) is 14.7. The van der Waals surface area contributed by atoms with Gasteiger partial charge in [0, 0.05) is 21.6 Å². The molecule has 0 aliphatic heterocycles. The molecule has 0 fully saturated rings. The molecule has 1 aromatic carbocycles. The van der Waals surface area contributed by atoms with E-state index in [0.717, 1.165) is 27.5 Å². The lowest BCUT2D eigenvalue weighted by Gasteiger charge is -1.93. The van der Waals surface area contributed by atoms with E-state index in [1.165, 1.54) is 10.4 Å². The summed E-state index contributed by atoms with van der Waals surface area (Å²) in [6, 6.07) is 8.29. The molecule has 0 spiro atoms. The third-order valence-electron chi connectivity index (χ3n) is 2.93. The maximum absolute atomic E-state index is 8.69. The van der Waals surface area contributed by atoms with Gasteiger partial charge in [-0.1, -0.05) is 29.7 Å². The Labute approximate surface area is 131 Å². The molecule has 0 saturated carbocycles. The molecule has 0 amide bonds. The Morgan fingerprint density at radius 2 is 2.29 bits per heavy atom. The lowest BCUT2D eigenvalue weighted by Crippen LogP contribution is -1.77. The van der Waals surface area contributed by atoms with E-state index in [0.29, 0.717) is 0 Å². The lowest BCUT2D eigenvalue weighted by atomic mass is 10.2. The molecule has 2 aromatic heterocycles. The van der Waals surface area contributed by atoms with Crippen LogP contribution >= 0.6 is 23.1 Å². The molecular weight excluding hydrogens is 300 g/mol. The van der Waals surface area contributed by atoms with Crippen molar-refractivity contribution in [2.45, 2.75) is 17.8 Å². The maximum atomic E-state index is 8.69. The van der Waals surface area contributed by atoms with Gasteiger partial charge in [0.15, 0.2) is 5.16 Å². The van der Waals surface area contributed by atoms with E-state index in [2.05, 4.69) is 46.9 Å². The standard InChI is InChI=1S/C16H14N2OS2/c1-11-4-5-14-15(7-11)18-16(17-14)21-10-13-8-12(9-20-13)3-2-6-19/h4-5,7-9,19H,6,10H2,1H3,(H,17,18). The molecule has 3 rings (SSSR count). The number of nitrogens with one attached hydrogen (secondary N) is 1. The number of aryl methyl sites for hydroxylation is 1. The van der Waals surface area contributed by atoms with Crippen molar-refractivity contribution in [2.75, 3.05) is 6.61 Å². The van der Waals surface area contributed by atoms with Crippen molar-refractivity contribution < 1.29 is 5.11 Å². The SMILES string of the molecule is Cc1ccc2nc(SCc3cc(C#CCO)cs3)[nH]c2c1. The number of thioether (sulfide) groups is 1. The molecule has 0 aliphatic carbocycles. The molecule has 0 unspecified atom stereocenters. The van der Waals surface area contributed by atoms with Crippen molar-refractivity contribution in [3.05, 3.63) is 45.6 Å². The number of imidazole rings is 1. The number of aliphatic hydroxyl groups is 1. The van der Waals surface area contributed by atoms with E-state index in [1.807, 2.05) is 11.4 Å². The van der Waals surface area contributed by atoms with Gasteiger partial charge in [-0.2, -0.15) is 0 Å². The fourth-order valence-corrected chi connectivity index (χ4v) is 3.73. The zero-order valence-corrected chi connectivity index (χ0v) is 13.1. The largest absolute Gasteiger partial charge is 0.384 e. The molecule has 0 atom stereocenters. The van der Waals surface area contributed by atoms with Gasteiger partial charge in [-0.25, -0.2) is 4.98 Å². The van der Waals surface area contributed by atoms with Crippen LogP contribution in [0.4, 0.5) is 0 Å². The molecule has 21 heavy (non-hydrogen) atoms. The van der Waals surface area contributed by atoms with Crippen molar-refractivity contribution in [3.8, 4) is 11.8 Å². The van der Waals surface area contributed by atoms with Crippen molar-refractivity contribution >= 4 is 34.1 Å². The predicted octanol–water partition coefficient (Wildman–Crippen LogP) is 3.57. The second kappa shape index (κ2) is 6.35. The van der Waals surface area contributed by atoms with E-state index in [-0.39, 0.29) is 6.61 Å². The topological polar surface area (TPSA) is 48.9 Å². The van der Waals surface area contributed by atoms with Crippen LogP contribution in [0.3, 0.4) is 0 Å². The number of rotatable bonds is 3. The molecule has 3 aromatic rings. The normalized spacial score (nSPS) is 10.6. The summed E-state index contributed by atoms with van der Waals surface area (Å²) >= 11 is 3.37. The summed E-state index contributed by atoms with van der Waals surface area (Å²) in [5, 5.41) is 11.6. The van der Waals surface area contributed by atoms with Gasteiger partial charge in [0.1, 0.15) is 6.61 Å². The molecule has 0 aliphatic rings. The molecule has 5 heteroatoms. The number of thiophene rings is 1. The fraction of sp³-hybridized carbons (Fsp3) is 0.188. The number of fused-ring (bicyclic) bond motifs is 1. The van der Waals surface area contributed by atoms with Crippen LogP contribution in [0, 0.1) is 18.8 Å². The zero-order valence-electron chi connectivity index (χ0n) is 11.5. The Hall–Kier alpha value is -1.74. The number of benzene rings is 1. The average molecular weight is 314 g/mol. The minimum absolute atomic E-state index is 0.0989. The van der Waals surface area contributed by atoms with Gasteiger partial charge in [-0.15, -0.1) is 11.3 Å². The van der Waals surface area contributed by atoms with Crippen LogP contribution in [0.5, 0.6) is 0 Å². The van der Waals surface area contributed by atoms with Gasteiger partial charge in [-0.3, -0.25) is 0 Å². The summed E-state index contributed by atoms with van der Waals surface area (Å²) in [7, 11) is 0. The molecule has 0 saturated heterocycles. The van der Waals surface area contributed by atoms with Crippen LogP contribution < -0.4 is 0 Å². The summed E-state index contributed by atoms with van der Waals surface area (Å²) in [4.78, 5) is 9.17. The first kappa shape index (κ1) is 14.2. The molecule has 3 nitrogen and oxygen atoms in total. The Kier molecular flexibility index (Phi) is 4.30. The highest BCUT2D eigenvalue weighted by atomic mass is 32.2. The monoisotopic (exact) mass is 314 g/mol. The lowest BCUT2D eigenvalue weighted by molar-refractivity contribution is 0.350. The van der Waals surface area contributed by atoms with Gasteiger partial charge in [0.05, 0.1) is 11.0 Å². The second-order valence-corrected chi connectivity index (χ2v) is 6.57. The molecule has 0 radical (unpaired) electrons. The van der Waals surface area contributed by atoms with Gasteiger partial charge in [-0.05, 0) is 30.7 Å². The van der Waals surface area contributed by atoms with Crippen molar-refractivity contribution in [2.24, 2.45) is 0 Å². The Morgan fingerprint density at radius 1 is 1.38 bits per heavy atom. The summed E-state index contributed by atoms with van der Waals surface area (Å²) in [6.45, 7) is 1.98. The third kappa shape index (κ3) is 3.48. The van der Waals surface area contributed by atoms with E-state index in [4.69, 9.17) is 5.11 Å². The van der Waals surface area contributed by atoms with Crippen molar-refractivity contribution in [1.82, 2.24) is 9.97 Å². The number of H-pyrrole nitrogens is 1. The maximum Gasteiger partial charge on any atom is 0.166 e. The number of hydrogen-bond acceptors (Lipinski definition) is 4. The van der Waals surface area contributed by atoms with E-state index in [9.17, 15) is 0 Å². The molecular formula is C16H14N2OS2. The van der Waals surface area contributed by atoms with E-state index < -0.39 is 0 Å². The van der Waals surface area contributed by atoms with Gasteiger partial charge < -0.3 is 10.1 Å². The van der Waals surface area contributed by atoms with E-state index in [1.54, 1.807) is 23.1 Å². The smallest absolute Gasteiger partial charge is 0.166 e. The first-order valence-electron chi connectivity index (χ1n) is 6.51. The predicted molar refractivity (Wildman–Crippen MR) is 88.7 cm³/mol. The highest BCUT2D eigenvalue weighted by Crippen LogP contribution is 2.26. The van der Waals surface area contributed by atoms with Crippen LogP contribution in [-0.2, 0) is 5.75 Å². The number of aromatic amines is 1. The van der Waals surface area contributed by atoms with Crippen LogP contribution in [0.1, 0.15) is 16.0 Å². The minimum atomic E-state index is -0.0989. The highest BCUT2D eigenvalue weighted by Gasteiger charge is 2.05. The number of aromatic nitrogens is 2. The number of nitrogens with zero attached hydrogens (tertiary/aromatic N) is 1. The summed E-state index contributed by atoms with van der Waals surface area (Å²) in [5.74, 6) is 6.45. The Bertz CT molecular complexity index is 824.